The van der Waals surface area contributed by atoms with Crippen molar-refractivity contribution in [1.29, 1.82) is 0 Å². The Morgan fingerprint density at radius 2 is 1.68 bits per heavy atom. The first-order chi connectivity index (χ1) is 24.2. The number of methoxy groups -OCH3 is 2. The SMILES string of the molecule is CCOC(=O)C1CCC(OC(C(=O)Cc2cc(Cl)c(NC(=O)c3coc4ccccc34)cc2F)(N2CCCC2)N2C[C@H](OC)[C@@H](OC)C2)CC1. The number of para-hydroxylation sites is 1. The van der Waals surface area contributed by atoms with Gasteiger partial charge in [0.1, 0.15) is 17.7 Å². The molecule has 3 atom stereocenters. The van der Waals surface area contributed by atoms with Crippen molar-refractivity contribution in [3.05, 3.63) is 64.6 Å². The van der Waals surface area contributed by atoms with Crippen LogP contribution in [0.5, 0.6) is 0 Å². The molecule has 3 fully saturated rings. The number of furan rings is 1. The van der Waals surface area contributed by atoms with Gasteiger partial charge in [0.05, 0.1) is 47.1 Å². The highest BCUT2D eigenvalue weighted by atomic mass is 35.5. The summed E-state index contributed by atoms with van der Waals surface area (Å²) in [5, 5.41) is 3.38. The number of nitrogens with zero attached hydrogens (tertiary/aromatic N) is 2. The Labute approximate surface area is 296 Å². The lowest BCUT2D eigenvalue weighted by atomic mass is 9.87. The lowest BCUT2D eigenvalue weighted by Gasteiger charge is -2.48. The summed E-state index contributed by atoms with van der Waals surface area (Å²) in [4.78, 5) is 44.5. The molecule has 0 radical (unpaired) electrons. The first-order valence-electron chi connectivity index (χ1n) is 17.4. The Morgan fingerprint density at radius 3 is 2.34 bits per heavy atom. The second-order valence-corrected chi connectivity index (χ2v) is 13.6. The fourth-order valence-corrected chi connectivity index (χ4v) is 7.83. The molecule has 3 aliphatic rings. The Kier molecular flexibility index (Phi) is 11.6. The number of halogens is 2. The van der Waals surface area contributed by atoms with Crippen molar-refractivity contribution in [2.75, 3.05) is 52.3 Å². The number of anilines is 1. The molecule has 270 valence electrons. The highest BCUT2D eigenvalue weighted by molar-refractivity contribution is 6.34. The smallest absolute Gasteiger partial charge is 0.308 e. The van der Waals surface area contributed by atoms with E-state index in [9.17, 15) is 14.4 Å². The van der Waals surface area contributed by atoms with Gasteiger partial charge >= 0.3 is 5.97 Å². The molecule has 13 heteroatoms. The zero-order valence-electron chi connectivity index (χ0n) is 28.8. The third-order valence-electron chi connectivity index (χ3n) is 10.2. The minimum absolute atomic E-state index is 0.0708. The van der Waals surface area contributed by atoms with E-state index in [4.69, 9.17) is 35.0 Å². The number of carbonyl (C=O) groups excluding carboxylic acids is 3. The number of nitrogens with one attached hydrogen (secondary N) is 1. The standard InChI is InChI=1S/C37H45ClFN3O8/c1-4-48-36(45)23-11-13-25(14-12-23)50-37(41-15-7-8-16-41,42-20-32(46-2)33(21-42)47-3)34(43)18-24-17-28(38)30(19-29(24)39)40-35(44)27-22-49-31-10-6-5-9-26(27)31/h5-6,9-10,17,19,22-23,25,32-33H,4,7-8,11-16,18,20-21H2,1-3H3,(H,40,44)/t23?,25?,32-,33-,37?/m0/s1. The normalized spacial score (nSPS) is 24.3. The fraction of sp³-hybridized carbons (Fsp3) is 0.541. The van der Waals surface area contributed by atoms with E-state index in [1.165, 1.54) is 12.3 Å². The van der Waals surface area contributed by atoms with E-state index < -0.39 is 17.6 Å². The molecule has 1 N–H and O–H groups in total. The summed E-state index contributed by atoms with van der Waals surface area (Å²) in [6.07, 6.45) is 4.17. The number of rotatable bonds is 13. The van der Waals surface area contributed by atoms with Gasteiger partial charge in [-0.25, -0.2) is 4.39 Å². The molecular formula is C37H45ClFN3O8. The zero-order chi connectivity index (χ0) is 35.4. The first-order valence-corrected chi connectivity index (χ1v) is 17.7. The number of Topliss-reactive ketones (excluding diaryl/α,β-unsaturated/α-hetero) is 1. The third kappa shape index (κ3) is 7.33. The summed E-state index contributed by atoms with van der Waals surface area (Å²) in [5.74, 6) is -3.48. The van der Waals surface area contributed by atoms with Crippen molar-refractivity contribution in [1.82, 2.24) is 9.80 Å². The summed E-state index contributed by atoms with van der Waals surface area (Å²) >= 11 is 6.63. The van der Waals surface area contributed by atoms with Gasteiger partial charge in [-0.15, -0.1) is 0 Å². The van der Waals surface area contributed by atoms with Gasteiger partial charge < -0.3 is 28.7 Å². The molecule has 1 aliphatic carbocycles. The van der Waals surface area contributed by atoms with Crippen LogP contribution in [0.15, 0.2) is 47.1 Å². The number of amides is 1. The Balaban J connectivity index is 1.28. The third-order valence-corrected chi connectivity index (χ3v) is 10.5. The van der Waals surface area contributed by atoms with Gasteiger partial charge in [-0.2, -0.15) is 0 Å². The number of hydrogen-bond acceptors (Lipinski definition) is 10. The summed E-state index contributed by atoms with van der Waals surface area (Å²) < 4.78 is 45.2. The van der Waals surface area contributed by atoms with Gasteiger partial charge in [0.15, 0.2) is 5.78 Å². The molecule has 0 spiro atoms. The maximum Gasteiger partial charge on any atom is 0.308 e. The molecule has 11 nitrogen and oxygen atoms in total. The zero-order valence-corrected chi connectivity index (χ0v) is 29.5. The monoisotopic (exact) mass is 713 g/mol. The molecule has 3 heterocycles. The minimum Gasteiger partial charge on any atom is -0.466 e. The molecule has 1 unspecified atom stereocenters. The van der Waals surface area contributed by atoms with Gasteiger partial charge in [0.2, 0.25) is 5.85 Å². The van der Waals surface area contributed by atoms with Crippen molar-refractivity contribution < 1.29 is 42.1 Å². The number of likely N-dealkylation sites (tertiary alicyclic amines) is 2. The molecule has 3 aromatic rings. The van der Waals surface area contributed by atoms with Crippen molar-refractivity contribution in [2.45, 2.75) is 76.0 Å². The molecule has 2 saturated heterocycles. The van der Waals surface area contributed by atoms with Crippen LogP contribution in [0.3, 0.4) is 0 Å². The van der Waals surface area contributed by atoms with Gasteiger partial charge in [-0.05, 0) is 69.2 Å². The summed E-state index contributed by atoms with van der Waals surface area (Å²) in [7, 11) is 3.23. The predicted octanol–water partition coefficient (Wildman–Crippen LogP) is 5.82. The molecule has 2 aliphatic heterocycles. The van der Waals surface area contributed by atoms with E-state index in [1.807, 2.05) is 4.90 Å². The first kappa shape index (κ1) is 36.4. The van der Waals surface area contributed by atoms with Crippen LogP contribution < -0.4 is 5.32 Å². The molecule has 1 saturated carbocycles. The lowest BCUT2D eigenvalue weighted by molar-refractivity contribution is -0.254. The molecule has 1 aromatic heterocycles. The topological polar surface area (TPSA) is 120 Å². The number of hydrogen-bond donors (Lipinski definition) is 1. The van der Waals surface area contributed by atoms with Crippen LogP contribution in [0.25, 0.3) is 11.0 Å². The number of carbonyl (C=O) groups is 3. The van der Waals surface area contributed by atoms with Gasteiger partial charge in [0.25, 0.3) is 5.91 Å². The van der Waals surface area contributed by atoms with Crippen LogP contribution in [-0.4, -0.2) is 98.6 Å². The number of fused-ring (bicyclic) bond motifs is 1. The van der Waals surface area contributed by atoms with E-state index in [1.54, 1.807) is 45.4 Å². The molecular weight excluding hydrogens is 669 g/mol. The van der Waals surface area contributed by atoms with Crippen LogP contribution in [0.4, 0.5) is 10.1 Å². The lowest BCUT2D eigenvalue weighted by Crippen LogP contribution is -2.67. The van der Waals surface area contributed by atoms with Gasteiger partial charge in [-0.3, -0.25) is 24.2 Å². The predicted molar refractivity (Wildman–Crippen MR) is 184 cm³/mol. The van der Waals surface area contributed by atoms with Crippen molar-refractivity contribution in [2.24, 2.45) is 5.92 Å². The summed E-state index contributed by atoms with van der Waals surface area (Å²) in [6, 6.07) is 9.62. The van der Waals surface area contributed by atoms with E-state index in [0.29, 0.717) is 69.4 Å². The number of ketones is 1. The minimum atomic E-state index is -1.53. The Morgan fingerprint density at radius 1 is 1.00 bits per heavy atom. The fourth-order valence-electron chi connectivity index (χ4n) is 7.59. The summed E-state index contributed by atoms with van der Waals surface area (Å²) in [5.41, 5.74) is 0.984. The molecule has 0 bridgehead atoms. The highest BCUT2D eigenvalue weighted by Crippen LogP contribution is 2.39. The molecule has 2 aromatic carbocycles. The van der Waals surface area contributed by atoms with E-state index >= 15 is 4.39 Å². The quantitative estimate of drug-likeness (QED) is 0.217. The van der Waals surface area contributed by atoms with E-state index in [2.05, 4.69) is 10.2 Å². The number of benzene rings is 2. The molecule has 1 amide bonds. The average Bonchev–Trinajstić information content (AvgIpc) is 3.90. The van der Waals surface area contributed by atoms with Gasteiger partial charge in [-0.1, -0.05) is 29.8 Å². The van der Waals surface area contributed by atoms with Crippen LogP contribution in [0.1, 0.15) is 61.4 Å². The second-order valence-electron chi connectivity index (χ2n) is 13.2. The number of ether oxygens (including phenoxy) is 4. The Hall–Kier alpha value is -3.39. The van der Waals surface area contributed by atoms with Crippen molar-refractivity contribution in [3.63, 3.8) is 0 Å². The highest BCUT2D eigenvalue weighted by Gasteiger charge is 2.56. The van der Waals surface area contributed by atoms with Crippen LogP contribution in [0, 0.1) is 11.7 Å². The largest absolute Gasteiger partial charge is 0.466 e. The average molecular weight is 714 g/mol. The van der Waals surface area contributed by atoms with Crippen LogP contribution in [0.2, 0.25) is 5.02 Å². The van der Waals surface area contributed by atoms with Crippen molar-refractivity contribution in [3.8, 4) is 0 Å². The van der Waals surface area contributed by atoms with Crippen molar-refractivity contribution >= 4 is 45.9 Å². The second kappa shape index (κ2) is 15.9. The maximum atomic E-state index is 15.9. The van der Waals surface area contributed by atoms with Gasteiger partial charge in [0, 0.05) is 52.2 Å². The maximum absolute atomic E-state index is 15.9. The molecule has 50 heavy (non-hydrogen) atoms. The Bertz CT molecular complexity index is 1680. The van der Waals surface area contributed by atoms with Crippen LogP contribution in [-0.2, 0) is 35.0 Å². The number of esters is 1. The van der Waals surface area contributed by atoms with Crippen LogP contribution >= 0.6 is 11.6 Å². The molecule has 6 rings (SSSR count). The van der Waals surface area contributed by atoms with E-state index in [0.717, 1.165) is 18.9 Å². The van der Waals surface area contributed by atoms with E-state index in [-0.39, 0.29) is 64.2 Å². The summed E-state index contributed by atoms with van der Waals surface area (Å²) in [6.45, 7) is 4.09.